The molecule has 0 aromatic heterocycles. The van der Waals surface area contributed by atoms with Gasteiger partial charge in [-0.3, -0.25) is 4.79 Å². The maximum atomic E-state index is 13.1. The van der Waals surface area contributed by atoms with Crippen LogP contribution in [0.1, 0.15) is 18.4 Å². The summed E-state index contributed by atoms with van der Waals surface area (Å²) in [5.41, 5.74) is 1.49. The van der Waals surface area contributed by atoms with Crippen molar-refractivity contribution in [3.8, 4) is 0 Å². The summed E-state index contributed by atoms with van der Waals surface area (Å²) in [5.74, 6) is -2.21. The number of benzene rings is 1. The Kier molecular flexibility index (Phi) is 5.09. The Labute approximate surface area is 121 Å². The molecule has 1 heterocycles. The van der Waals surface area contributed by atoms with Gasteiger partial charge in [-0.2, -0.15) is 0 Å². The topological polar surface area (TPSA) is 32.3 Å². The minimum Gasteiger partial charge on any atom is -0.316 e. The van der Waals surface area contributed by atoms with E-state index in [1.54, 1.807) is 0 Å². The molecule has 0 spiro atoms. The van der Waals surface area contributed by atoms with Gasteiger partial charge in [-0.1, -0.05) is 11.6 Å². The molecule has 1 fully saturated rings. The van der Waals surface area contributed by atoms with Crippen molar-refractivity contribution in [1.29, 1.82) is 0 Å². The number of nitrogens with one attached hydrogen (secondary N) is 1. The van der Waals surface area contributed by atoms with Crippen molar-refractivity contribution >= 4 is 17.7 Å². The third-order valence-corrected chi connectivity index (χ3v) is 3.40. The summed E-state index contributed by atoms with van der Waals surface area (Å²) in [4.78, 5) is 11.9. The molecule has 1 aliphatic rings. The molecule has 1 N–H and O–H groups in total. The zero-order valence-electron chi connectivity index (χ0n) is 10.8. The molecule has 0 aliphatic carbocycles. The second-order valence-electron chi connectivity index (χ2n) is 4.66. The first-order chi connectivity index (χ1) is 9.56. The van der Waals surface area contributed by atoms with E-state index >= 15 is 0 Å². The number of hydrogen-bond donors (Lipinski definition) is 1. The van der Waals surface area contributed by atoms with Crippen LogP contribution in [-0.4, -0.2) is 23.4 Å². The summed E-state index contributed by atoms with van der Waals surface area (Å²) in [7, 11) is 0. The van der Waals surface area contributed by atoms with Gasteiger partial charge >= 0.3 is 0 Å². The largest absolute Gasteiger partial charge is 0.316 e. The van der Waals surface area contributed by atoms with E-state index in [1.807, 2.05) is 0 Å². The van der Waals surface area contributed by atoms with Crippen LogP contribution in [0.25, 0.3) is 0 Å². The van der Waals surface area contributed by atoms with Gasteiger partial charge in [0.15, 0.2) is 11.6 Å². The van der Waals surface area contributed by atoms with Crippen molar-refractivity contribution < 1.29 is 13.6 Å². The summed E-state index contributed by atoms with van der Waals surface area (Å²) in [6.45, 7) is 1.73. The van der Waals surface area contributed by atoms with Crippen LogP contribution in [0.3, 0.4) is 0 Å². The average Bonchev–Trinajstić information content (AvgIpc) is 2.44. The quantitative estimate of drug-likeness (QED) is 0.688. The lowest BCUT2D eigenvalue weighted by molar-refractivity contribution is -0.122. The number of amides is 1. The maximum absolute atomic E-state index is 13.1. The number of piperidine rings is 1. The predicted molar refractivity (Wildman–Crippen MR) is 72.9 cm³/mol. The first kappa shape index (κ1) is 14.9. The van der Waals surface area contributed by atoms with Crippen LogP contribution in [0.5, 0.6) is 0 Å². The van der Waals surface area contributed by atoms with E-state index < -0.39 is 11.6 Å². The molecule has 0 radical (unpaired) electrons. The lowest BCUT2D eigenvalue weighted by Crippen LogP contribution is -2.25. The monoisotopic (exact) mass is 300 g/mol. The van der Waals surface area contributed by atoms with Crippen LogP contribution in [0.2, 0.25) is 0 Å². The SMILES string of the molecule is O=C(C=C1CCNCC1)N(Cl)Cc1ccc(F)c(F)c1. The van der Waals surface area contributed by atoms with Crippen molar-refractivity contribution in [2.24, 2.45) is 0 Å². The van der Waals surface area contributed by atoms with Crippen LogP contribution >= 0.6 is 11.8 Å². The Morgan fingerprint density at radius 1 is 1.30 bits per heavy atom. The highest BCUT2D eigenvalue weighted by Gasteiger charge is 2.13. The van der Waals surface area contributed by atoms with E-state index in [4.69, 9.17) is 11.8 Å². The highest BCUT2D eigenvalue weighted by atomic mass is 35.5. The third-order valence-electron chi connectivity index (χ3n) is 3.12. The number of carbonyl (C=O) groups is 1. The Bertz CT molecular complexity index is 526. The molecule has 1 saturated heterocycles. The fraction of sp³-hybridized carbons (Fsp3) is 0.357. The van der Waals surface area contributed by atoms with Crippen LogP contribution in [0.15, 0.2) is 29.8 Å². The third kappa shape index (κ3) is 4.02. The summed E-state index contributed by atoms with van der Waals surface area (Å²) in [5, 5.41) is 3.19. The second-order valence-corrected chi connectivity index (χ2v) is 5.07. The summed E-state index contributed by atoms with van der Waals surface area (Å²) < 4.78 is 26.8. The minimum absolute atomic E-state index is 0.0274. The molecule has 1 amide bonds. The van der Waals surface area contributed by atoms with Gasteiger partial charge < -0.3 is 5.32 Å². The molecule has 1 aliphatic heterocycles. The maximum Gasteiger partial charge on any atom is 0.261 e. The molecular formula is C14H15ClF2N2O. The van der Waals surface area contributed by atoms with Gasteiger partial charge in [0.25, 0.3) is 5.91 Å². The standard InChI is InChI=1S/C14H15ClF2N2O/c15-19(9-11-1-2-12(16)13(17)7-11)14(20)8-10-3-5-18-6-4-10/h1-2,7-8,18H,3-6,9H2. The van der Waals surface area contributed by atoms with Gasteiger partial charge in [0.05, 0.1) is 6.54 Å². The molecule has 0 unspecified atom stereocenters. The smallest absolute Gasteiger partial charge is 0.261 e. The number of nitrogens with zero attached hydrogens (tertiary/aromatic N) is 1. The molecule has 0 atom stereocenters. The molecule has 108 valence electrons. The number of rotatable bonds is 3. The van der Waals surface area contributed by atoms with Crippen molar-refractivity contribution in [2.45, 2.75) is 19.4 Å². The van der Waals surface area contributed by atoms with Crippen LogP contribution in [0, 0.1) is 11.6 Å². The van der Waals surface area contributed by atoms with Crippen LogP contribution in [0.4, 0.5) is 8.78 Å². The van der Waals surface area contributed by atoms with Crippen molar-refractivity contribution in [3.05, 3.63) is 47.0 Å². The van der Waals surface area contributed by atoms with Gasteiger partial charge in [-0.25, -0.2) is 13.2 Å². The van der Waals surface area contributed by atoms with Crippen molar-refractivity contribution in [3.63, 3.8) is 0 Å². The molecule has 20 heavy (non-hydrogen) atoms. The molecule has 2 rings (SSSR count). The molecule has 1 aromatic rings. The van der Waals surface area contributed by atoms with E-state index in [2.05, 4.69) is 5.32 Å². The highest BCUT2D eigenvalue weighted by molar-refractivity contribution is 6.22. The van der Waals surface area contributed by atoms with Crippen LogP contribution in [-0.2, 0) is 11.3 Å². The van der Waals surface area contributed by atoms with E-state index in [0.717, 1.165) is 48.1 Å². The summed E-state index contributed by atoms with van der Waals surface area (Å²) in [6.07, 6.45) is 3.16. The second kappa shape index (κ2) is 6.81. The predicted octanol–water partition coefficient (Wildman–Crippen LogP) is 2.76. The van der Waals surface area contributed by atoms with Gasteiger partial charge in [0.1, 0.15) is 0 Å². The first-order valence-electron chi connectivity index (χ1n) is 6.37. The van der Waals surface area contributed by atoms with Crippen molar-refractivity contribution in [1.82, 2.24) is 9.74 Å². The number of carbonyl (C=O) groups excluding carboxylic acids is 1. The number of halogens is 3. The lowest BCUT2D eigenvalue weighted by atomic mass is 10.1. The Morgan fingerprint density at radius 2 is 2.00 bits per heavy atom. The molecule has 0 saturated carbocycles. The lowest BCUT2D eigenvalue weighted by Gasteiger charge is -2.17. The molecule has 1 aromatic carbocycles. The fourth-order valence-electron chi connectivity index (χ4n) is 2.01. The number of hydrogen-bond acceptors (Lipinski definition) is 2. The molecule has 6 heteroatoms. The molecular weight excluding hydrogens is 286 g/mol. The van der Waals surface area contributed by atoms with E-state index in [-0.39, 0.29) is 12.5 Å². The minimum atomic E-state index is -0.947. The van der Waals surface area contributed by atoms with E-state index in [1.165, 1.54) is 12.1 Å². The molecule has 0 bridgehead atoms. The first-order valence-corrected chi connectivity index (χ1v) is 6.71. The van der Waals surface area contributed by atoms with Gasteiger partial charge in [-0.15, -0.1) is 0 Å². The fourth-order valence-corrected chi connectivity index (χ4v) is 2.20. The van der Waals surface area contributed by atoms with Gasteiger partial charge in [0.2, 0.25) is 0 Å². The van der Waals surface area contributed by atoms with Gasteiger partial charge in [0, 0.05) is 17.9 Å². The zero-order valence-corrected chi connectivity index (χ0v) is 11.6. The zero-order chi connectivity index (χ0) is 14.5. The van der Waals surface area contributed by atoms with Crippen LogP contribution < -0.4 is 5.32 Å². The van der Waals surface area contributed by atoms with Crippen molar-refractivity contribution in [2.75, 3.05) is 13.1 Å². The van der Waals surface area contributed by atoms with E-state index in [9.17, 15) is 13.6 Å². The van der Waals surface area contributed by atoms with Gasteiger partial charge in [-0.05, 0) is 43.6 Å². The average molecular weight is 301 g/mol. The Balaban J connectivity index is 1.98. The highest BCUT2D eigenvalue weighted by Crippen LogP contribution is 2.15. The molecule has 3 nitrogen and oxygen atoms in total. The Morgan fingerprint density at radius 3 is 2.65 bits per heavy atom. The summed E-state index contributed by atoms with van der Waals surface area (Å²) >= 11 is 5.88. The van der Waals surface area contributed by atoms with E-state index in [0.29, 0.717) is 5.56 Å². The summed E-state index contributed by atoms with van der Waals surface area (Å²) in [6, 6.07) is 3.46. The normalized spacial score (nSPS) is 15.1. The Hall–Kier alpha value is -1.46.